The van der Waals surface area contributed by atoms with Gasteiger partial charge in [-0.3, -0.25) is 9.59 Å². The Hall–Kier alpha value is -1.92. The van der Waals surface area contributed by atoms with Gasteiger partial charge in [0.05, 0.1) is 25.4 Å². The smallest absolute Gasteiger partial charge is 0.305 e. The predicted octanol–water partition coefficient (Wildman–Crippen LogP) is 28.6. The number of ether oxygens (including phenoxy) is 1. The van der Waals surface area contributed by atoms with Gasteiger partial charge >= 0.3 is 5.97 Å². The molecule has 0 aliphatic heterocycles. The highest BCUT2D eigenvalue weighted by Crippen LogP contribution is 2.20. The van der Waals surface area contributed by atoms with E-state index < -0.39 is 12.1 Å². The zero-order chi connectivity index (χ0) is 67.0. The van der Waals surface area contributed by atoms with Crippen LogP contribution in [0.5, 0.6) is 0 Å². The molecule has 0 saturated carbocycles. The highest BCUT2D eigenvalue weighted by Gasteiger charge is 2.18. The van der Waals surface area contributed by atoms with Gasteiger partial charge in [0.1, 0.15) is 0 Å². The molecule has 550 valence electrons. The van der Waals surface area contributed by atoms with Crippen molar-refractivity contribution < 1.29 is 24.5 Å². The monoisotopic (exact) mass is 1310 g/mol. The molecule has 0 rings (SSSR count). The molecule has 0 bridgehead atoms. The zero-order valence-electron chi connectivity index (χ0n) is 63.3. The van der Waals surface area contributed by atoms with Crippen molar-refractivity contribution in [3.8, 4) is 0 Å². The molecular formula is C87H167NO5. The average molecular weight is 1310 g/mol. The van der Waals surface area contributed by atoms with Crippen LogP contribution in [-0.2, 0) is 14.3 Å². The number of amides is 1. The van der Waals surface area contributed by atoms with Gasteiger partial charge in [0.2, 0.25) is 5.91 Å². The summed E-state index contributed by atoms with van der Waals surface area (Å²) in [6.07, 6.45) is 109. The lowest BCUT2D eigenvalue weighted by atomic mass is 10.0. The summed E-state index contributed by atoms with van der Waals surface area (Å²) in [5.74, 6) is -0.0444. The number of carbonyl (C=O) groups excluding carboxylic acids is 2. The number of esters is 1. The standard InChI is InChI=1S/C87H167NO5/c1-3-5-7-9-11-13-15-17-18-19-20-21-22-40-43-46-49-52-56-59-63-67-71-75-79-85(90)84(83-89)88-86(91)80-76-72-68-64-60-57-53-50-47-44-41-38-36-34-32-30-28-26-24-23-25-27-29-31-33-35-37-39-42-45-48-51-54-58-62-66-70-74-78-82-93-87(92)81-77-73-69-65-61-55-16-14-12-10-8-6-4-2/h14,16,23-24,75,79,84-85,89-90H,3-13,15,17-22,25-74,76-78,80-83H2,1-2H3,(H,88,91)/b16-14-,24-23-,79-75+. The molecule has 6 nitrogen and oxygen atoms in total. The highest BCUT2D eigenvalue weighted by atomic mass is 16.5. The van der Waals surface area contributed by atoms with Crippen LogP contribution in [0.1, 0.15) is 483 Å². The Bertz CT molecular complexity index is 1510. The van der Waals surface area contributed by atoms with Crippen molar-refractivity contribution in [3.63, 3.8) is 0 Å². The third-order valence-electron chi connectivity index (χ3n) is 20.1. The van der Waals surface area contributed by atoms with E-state index in [-0.39, 0.29) is 18.5 Å². The second-order valence-corrected chi connectivity index (χ2v) is 29.5. The first kappa shape index (κ1) is 91.1. The van der Waals surface area contributed by atoms with Gasteiger partial charge in [-0.25, -0.2) is 0 Å². The summed E-state index contributed by atoms with van der Waals surface area (Å²) in [4.78, 5) is 24.6. The Labute approximate surface area is 583 Å². The van der Waals surface area contributed by atoms with E-state index in [2.05, 4.69) is 43.5 Å². The fraction of sp³-hybridized carbons (Fsp3) is 0.908. The molecule has 0 spiro atoms. The Balaban J connectivity index is 3.35. The molecule has 1 amide bonds. The summed E-state index contributed by atoms with van der Waals surface area (Å²) in [6, 6.07) is -0.626. The van der Waals surface area contributed by atoms with Crippen molar-refractivity contribution in [1.29, 1.82) is 0 Å². The number of hydrogen-bond acceptors (Lipinski definition) is 5. The fourth-order valence-corrected chi connectivity index (χ4v) is 13.6. The molecule has 93 heavy (non-hydrogen) atoms. The predicted molar refractivity (Wildman–Crippen MR) is 412 cm³/mol. The molecule has 0 heterocycles. The van der Waals surface area contributed by atoms with Crippen molar-refractivity contribution in [1.82, 2.24) is 5.32 Å². The lowest BCUT2D eigenvalue weighted by Gasteiger charge is -2.20. The minimum absolute atomic E-state index is 0.0137. The molecule has 0 aliphatic rings. The highest BCUT2D eigenvalue weighted by molar-refractivity contribution is 5.76. The lowest BCUT2D eigenvalue weighted by Crippen LogP contribution is -2.45. The Kier molecular flexibility index (Phi) is 80.8. The van der Waals surface area contributed by atoms with E-state index in [9.17, 15) is 19.8 Å². The molecule has 0 aliphatic carbocycles. The van der Waals surface area contributed by atoms with Crippen molar-refractivity contribution in [3.05, 3.63) is 36.5 Å². The minimum atomic E-state index is -0.843. The molecule has 2 unspecified atom stereocenters. The van der Waals surface area contributed by atoms with Gasteiger partial charge in [0.25, 0.3) is 0 Å². The first-order valence-electron chi connectivity index (χ1n) is 42.8. The van der Waals surface area contributed by atoms with Crippen LogP contribution in [0, 0.1) is 0 Å². The van der Waals surface area contributed by atoms with Crippen molar-refractivity contribution in [2.24, 2.45) is 0 Å². The van der Waals surface area contributed by atoms with E-state index in [1.807, 2.05) is 6.08 Å². The summed E-state index contributed by atoms with van der Waals surface area (Å²) in [5, 5.41) is 23.3. The van der Waals surface area contributed by atoms with Crippen LogP contribution in [0.3, 0.4) is 0 Å². The molecule has 0 aromatic heterocycles. The van der Waals surface area contributed by atoms with Crippen molar-refractivity contribution in [2.45, 2.75) is 495 Å². The van der Waals surface area contributed by atoms with E-state index in [0.29, 0.717) is 19.4 Å². The average Bonchev–Trinajstić information content (AvgIpc) is 3.78. The summed E-state index contributed by atoms with van der Waals surface area (Å²) in [6.45, 7) is 4.94. The van der Waals surface area contributed by atoms with E-state index >= 15 is 0 Å². The summed E-state index contributed by atoms with van der Waals surface area (Å²) in [5.41, 5.74) is 0. The Morgan fingerprint density at radius 2 is 0.505 bits per heavy atom. The number of aliphatic hydroxyl groups is 2. The third kappa shape index (κ3) is 79.0. The molecule has 2 atom stereocenters. The first-order valence-corrected chi connectivity index (χ1v) is 42.8. The molecule has 0 fully saturated rings. The van der Waals surface area contributed by atoms with Crippen LogP contribution in [0.2, 0.25) is 0 Å². The van der Waals surface area contributed by atoms with E-state index in [4.69, 9.17) is 4.74 Å². The second-order valence-electron chi connectivity index (χ2n) is 29.5. The number of carbonyl (C=O) groups is 2. The Morgan fingerprint density at radius 1 is 0.290 bits per heavy atom. The van der Waals surface area contributed by atoms with Crippen LogP contribution in [-0.4, -0.2) is 47.4 Å². The maximum absolute atomic E-state index is 12.6. The molecule has 0 saturated heterocycles. The molecule has 3 N–H and O–H groups in total. The van der Waals surface area contributed by atoms with Crippen molar-refractivity contribution in [2.75, 3.05) is 13.2 Å². The zero-order valence-corrected chi connectivity index (χ0v) is 63.3. The molecule has 0 radical (unpaired) electrons. The van der Waals surface area contributed by atoms with Crippen LogP contribution >= 0.6 is 0 Å². The number of hydrogen-bond donors (Lipinski definition) is 3. The minimum Gasteiger partial charge on any atom is -0.466 e. The molecule has 0 aromatic carbocycles. The summed E-state index contributed by atoms with van der Waals surface area (Å²) in [7, 11) is 0. The Morgan fingerprint density at radius 3 is 0.774 bits per heavy atom. The normalized spacial score (nSPS) is 12.6. The molecule has 6 heteroatoms. The van der Waals surface area contributed by atoms with Crippen LogP contribution < -0.4 is 5.32 Å². The summed E-state index contributed by atoms with van der Waals surface area (Å²) >= 11 is 0. The van der Waals surface area contributed by atoms with Gasteiger partial charge in [-0.05, 0) is 83.5 Å². The van der Waals surface area contributed by atoms with E-state index in [1.54, 1.807) is 6.08 Å². The molecule has 0 aromatic rings. The number of nitrogens with one attached hydrogen (secondary N) is 1. The lowest BCUT2D eigenvalue weighted by molar-refractivity contribution is -0.143. The number of rotatable bonds is 81. The quantitative estimate of drug-likeness (QED) is 0.0320. The van der Waals surface area contributed by atoms with Crippen molar-refractivity contribution >= 4 is 11.9 Å². The van der Waals surface area contributed by atoms with Crippen LogP contribution in [0.25, 0.3) is 0 Å². The summed E-state index contributed by atoms with van der Waals surface area (Å²) < 4.78 is 5.49. The number of unbranched alkanes of at least 4 members (excludes halogenated alkanes) is 66. The van der Waals surface area contributed by atoms with Crippen LogP contribution in [0.4, 0.5) is 0 Å². The van der Waals surface area contributed by atoms with Gasteiger partial charge < -0.3 is 20.3 Å². The number of aliphatic hydroxyl groups excluding tert-OH is 2. The fourth-order valence-electron chi connectivity index (χ4n) is 13.6. The van der Waals surface area contributed by atoms with E-state index in [0.717, 1.165) is 44.9 Å². The van der Waals surface area contributed by atoms with Gasteiger partial charge in [0.15, 0.2) is 0 Å². The van der Waals surface area contributed by atoms with Gasteiger partial charge in [-0.15, -0.1) is 0 Å². The van der Waals surface area contributed by atoms with E-state index in [1.165, 1.54) is 411 Å². The maximum Gasteiger partial charge on any atom is 0.305 e. The first-order chi connectivity index (χ1) is 46.0. The number of allylic oxidation sites excluding steroid dienone is 5. The molecular weight excluding hydrogens is 1140 g/mol. The largest absolute Gasteiger partial charge is 0.466 e. The second kappa shape index (κ2) is 82.5. The van der Waals surface area contributed by atoms with Gasteiger partial charge in [-0.1, -0.05) is 423 Å². The third-order valence-corrected chi connectivity index (χ3v) is 20.1. The maximum atomic E-state index is 12.6. The topological polar surface area (TPSA) is 95.9 Å². The SMILES string of the molecule is CCCCCC/C=C\CCCCCCCC(=O)OCCCCCCCCCCCCCCCCCCCC/C=C\CCCCCCCCCCCCCCCCCCCC(=O)NC(CO)C(O)/C=C/CCCCCCCCCCCCCCCCCCCCCCCC. The van der Waals surface area contributed by atoms with Crippen LogP contribution in [0.15, 0.2) is 36.5 Å². The van der Waals surface area contributed by atoms with Gasteiger partial charge in [0, 0.05) is 12.8 Å². The van der Waals surface area contributed by atoms with Gasteiger partial charge in [-0.2, -0.15) is 0 Å².